The highest BCUT2D eigenvalue weighted by molar-refractivity contribution is 4.61. The van der Waals surface area contributed by atoms with Crippen molar-refractivity contribution in [1.82, 2.24) is 0 Å². The van der Waals surface area contributed by atoms with E-state index < -0.39 is 0 Å². The van der Waals surface area contributed by atoms with Crippen LogP contribution >= 0.6 is 0 Å². The van der Waals surface area contributed by atoms with Gasteiger partial charge in [-0.2, -0.15) is 0 Å². The van der Waals surface area contributed by atoms with Gasteiger partial charge in [0.05, 0.1) is 48.4 Å². The summed E-state index contributed by atoms with van der Waals surface area (Å²) in [6, 6.07) is 0. The lowest BCUT2D eigenvalue weighted by Crippen LogP contribution is -3.00. The molecule has 0 aliphatic rings. The van der Waals surface area contributed by atoms with E-state index in [-0.39, 0.29) is 24.8 Å². The van der Waals surface area contributed by atoms with Crippen molar-refractivity contribution in [2.45, 2.75) is 71.0 Å². The summed E-state index contributed by atoms with van der Waals surface area (Å²) >= 11 is 0. The molecule has 0 N–H and O–H groups in total. The van der Waals surface area contributed by atoms with Crippen LogP contribution in [-0.2, 0) is 4.74 Å². The van der Waals surface area contributed by atoms with E-state index >= 15 is 0 Å². The molecule has 0 aromatic carbocycles. The Kier molecular flexibility index (Phi) is 17.8. The Morgan fingerprint density at radius 3 is 1.54 bits per heavy atom. The zero-order valence-electron chi connectivity index (χ0n) is 17.6. The molecule has 0 fully saturated rings. The molecule has 0 saturated carbocycles. The molecule has 0 heterocycles. The summed E-state index contributed by atoms with van der Waals surface area (Å²) < 4.78 is 8.33. The second-order valence-electron chi connectivity index (χ2n) is 9.07. The number of halogens is 2. The van der Waals surface area contributed by atoms with Crippen LogP contribution in [0.25, 0.3) is 0 Å². The van der Waals surface area contributed by atoms with Crippen LogP contribution in [-0.4, -0.2) is 76.5 Å². The zero-order valence-corrected chi connectivity index (χ0v) is 19.1. The SMILES string of the molecule is CCCCCCCCC(C)OC(C[N+](C)(C)C)C[N+](C)(C)C.[Cl-].[Cl-]. The highest BCUT2D eigenvalue weighted by atomic mass is 35.5. The number of ether oxygens (including phenoxy) is 1. The van der Waals surface area contributed by atoms with Crippen molar-refractivity contribution in [3.05, 3.63) is 0 Å². The minimum atomic E-state index is 0. The van der Waals surface area contributed by atoms with E-state index in [9.17, 15) is 0 Å². The molecule has 1 unspecified atom stereocenters. The molecule has 0 aliphatic carbocycles. The Morgan fingerprint density at radius 2 is 1.12 bits per heavy atom. The second kappa shape index (κ2) is 14.6. The first-order chi connectivity index (χ1) is 10.0. The molecule has 5 heteroatoms. The summed E-state index contributed by atoms with van der Waals surface area (Å²) in [5, 5.41) is 0. The summed E-state index contributed by atoms with van der Waals surface area (Å²) in [5.41, 5.74) is 0. The molecule has 3 nitrogen and oxygen atoms in total. The van der Waals surface area contributed by atoms with Gasteiger partial charge in [-0.15, -0.1) is 0 Å². The van der Waals surface area contributed by atoms with Gasteiger partial charge in [0.15, 0.2) is 6.10 Å². The Morgan fingerprint density at radius 1 is 0.708 bits per heavy atom. The lowest BCUT2D eigenvalue weighted by atomic mass is 10.1. The van der Waals surface area contributed by atoms with E-state index in [1.54, 1.807) is 0 Å². The normalized spacial score (nSPS) is 13.4. The first-order valence-electron chi connectivity index (χ1n) is 9.30. The predicted octanol–water partition coefficient (Wildman–Crippen LogP) is -2.07. The summed E-state index contributed by atoms with van der Waals surface area (Å²) in [7, 11) is 13.5. The monoisotopic (exact) mass is 386 g/mol. The number of hydrogen-bond acceptors (Lipinski definition) is 1. The molecule has 0 saturated heterocycles. The lowest BCUT2D eigenvalue weighted by Gasteiger charge is -2.35. The number of hydrogen-bond donors (Lipinski definition) is 0. The van der Waals surface area contributed by atoms with Crippen molar-refractivity contribution in [3.63, 3.8) is 0 Å². The number of nitrogens with zero attached hydrogens (tertiary/aromatic N) is 2. The minimum Gasteiger partial charge on any atom is -1.00 e. The van der Waals surface area contributed by atoms with Gasteiger partial charge in [-0.25, -0.2) is 0 Å². The molecular formula is C19H44Cl2N2O. The molecule has 150 valence electrons. The van der Waals surface area contributed by atoms with E-state index in [0.29, 0.717) is 12.2 Å². The summed E-state index contributed by atoms with van der Waals surface area (Å²) in [4.78, 5) is 0. The van der Waals surface area contributed by atoms with Crippen LogP contribution in [0.15, 0.2) is 0 Å². The third-order valence-electron chi connectivity index (χ3n) is 3.89. The fourth-order valence-electron chi connectivity index (χ4n) is 2.97. The van der Waals surface area contributed by atoms with Gasteiger partial charge in [0, 0.05) is 0 Å². The topological polar surface area (TPSA) is 9.23 Å². The molecule has 0 radical (unpaired) electrons. The van der Waals surface area contributed by atoms with E-state index in [2.05, 4.69) is 56.1 Å². The summed E-state index contributed by atoms with van der Waals surface area (Å²) in [5.74, 6) is 0. The van der Waals surface area contributed by atoms with Crippen LogP contribution in [0.1, 0.15) is 58.8 Å². The molecule has 0 aliphatic heterocycles. The van der Waals surface area contributed by atoms with Crippen LogP contribution in [0, 0.1) is 0 Å². The standard InChI is InChI=1S/C19H44N2O.2ClH/c1-9-10-11-12-13-14-15-18(2)22-19(16-20(3,4)5)17-21(6,7)8;;/h18-19H,9-17H2,1-8H3;2*1H/q+2;;/p-2. The Bertz CT molecular complexity index is 260. The maximum atomic E-state index is 6.40. The van der Waals surface area contributed by atoms with Crippen molar-refractivity contribution in [1.29, 1.82) is 0 Å². The van der Waals surface area contributed by atoms with E-state index in [1.807, 2.05) is 0 Å². The van der Waals surface area contributed by atoms with Crippen molar-refractivity contribution in [2.75, 3.05) is 55.4 Å². The predicted molar refractivity (Wildman–Crippen MR) is 98.1 cm³/mol. The molecule has 0 aromatic heterocycles. The number of unbranched alkanes of at least 4 members (excludes halogenated alkanes) is 5. The van der Waals surface area contributed by atoms with Gasteiger partial charge in [-0.1, -0.05) is 45.4 Å². The fraction of sp³-hybridized carbons (Fsp3) is 1.00. The smallest absolute Gasteiger partial charge is 0.155 e. The van der Waals surface area contributed by atoms with Crippen LogP contribution in [0.5, 0.6) is 0 Å². The Balaban J connectivity index is -0.00000220. The molecule has 0 bridgehead atoms. The number of quaternary nitrogens is 2. The van der Waals surface area contributed by atoms with Crippen LogP contribution < -0.4 is 24.8 Å². The molecule has 0 spiro atoms. The maximum absolute atomic E-state index is 6.40. The average molecular weight is 387 g/mol. The van der Waals surface area contributed by atoms with Gasteiger partial charge in [-0.05, 0) is 13.3 Å². The minimum absolute atomic E-state index is 0. The van der Waals surface area contributed by atoms with Crippen LogP contribution in [0.2, 0.25) is 0 Å². The third-order valence-corrected chi connectivity index (χ3v) is 3.89. The average Bonchev–Trinajstić information content (AvgIpc) is 2.29. The van der Waals surface area contributed by atoms with Crippen LogP contribution in [0.4, 0.5) is 0 Å². The van der Waals surface area contributed by atoms with E-state index in [1.165, 1.54) is 44.9 Å². The van der Waals surface area contributed by atoms with E-state index in [0.717, 1.165) is 22.1 Å². The quantitative estimate of drug-likeness (QED) is 0.261. The van der Waals surface area contributed by atoms with Gasteiger partial charge >= 0.3 is 0 Å². The van der Waals surface area contributed by atoms with Gasteiger partial charge in [0.1, 0.15) is 13.1 Å². The molecule has 0 rings (SSSR count). The Hall–Kier alpha value is 0.460. The third kappa shape index (κ3) is 20.5. The molecular weight excluding hydrogens is 343 g/mol. The number of likely N-dealkylation sites (N-methyl/N-ethyl adjacent to an activating group) is 2. The van der Waals surface area contributed by atoms with Gasteiger partial charge < -0.3 is 38.5 Å². The maximum Gasteiger partial charge on any atom is 0.155 e. The summed E-state index contributed by atoms with van der Waals surface area (Å²) in [6.45, 7) is 6.69. The van der Waals surface area contributed by atoms with Gasteiger partial charge in [0.25, 0.3) is 0 Å². The molecule has 1 atom stereocenters. The first-order valence-corrected chi connectivity index (χ1v) is 9.30. The molecule has 0 aromatic rings. The zero-order chi connectivity index (χ0) is 17.2. The second-order valence-corrected chi connectivity index (χ2v) is 9.07. The largest absolute Gasteiger partial charge is 1.00 e. The van der Waals surface area contributed by atoms with E-state index in [4.69, 9.17) is 4.74 Å². The van der Waals surface area contributed by atoms with Crippen molar-refractivity contribution >= 4 is 0 Å². The van der Waals surface area contributed by atoms with Crippen molar-refractivity contribution < 1.29 is 38.5 Å². The van der Waals surface area contributed by atoms with Gasteiger partial charge in [-0.3, -0.25) is 0 Å². The highest BCUT2D eigenvalue weighted by Gasteiger charge is 2.26. The first kappa shape index (κ1) is 29.2. The molecule has 0 amide bonds. The van der Waals surface area contributed by atoms with Crippen LogP contribution in [0.3, 0.4) is 0 Å². The highest BCUT2D eigenvalue weighted by Crippen LogP contribution is 2.14. The fourth-order valence-corrected chi connectivity index (χ4v) is 2.97. The van der Waals surface area contributed by atoms with Crippen molar-refractivity contribution in [2.24, 2.45) is 0 Å². The van der Waals surface area contributed by atoms with Gasteiger partial charge in [0.2, 0.25) is 0 Å². The number of rotatable bonds is 13. The Labute approximate surface area is 165 Å². The molecule has 24 heavy (non-hydrogen) atoms. The lowest BCUT2D eigenvalue weighted by molar-refractivity contribution is -0.896. The summed E-state index contributed by atoms with van der Waals surface area (Å²) in [6.07, 6.45) is 10.1. The van der Waals surface area contributed by atoms with Crippen molar-refractivity contribution in [3.8, 4) is 0 Å².